The molecule has 2 N–H and O–H groups in total. The van der Waals surface area contributed by atoms with E-state index in [4.69, 9.17) is 5.73 Å². The van der Waals surface area contributed by atoms with Crippen LogP contribution in [0.25, 0.3) is 0 Å². The van der Waals surface area contributed by atoms with Gasteiger partial charge in [0.2, 0.25) is 0 Å². The summed E-state index contributed by atoms with van der Waals surface area (Å²) in [5, 5.41) is 0. The predicted octanol–water partition coefficient (Wildman–Crippen LogP) is 3.45. The average molecular weight is 420 g/mol. The Hall–Kier alpha value is -1.53. The van der Waals surface area contributed by atoms with Crippen LogP contribution in [0.4, 0.5) is 5.69 Å². The van der Waals surface area contributed by atoms with Crippen LogP contribution in [0.1, 0.15) is 28.9 Å². The lowest BCUT2D eigenvalue weighted by atomic mass is 10.1. The van der Waals surface area contributed by atoms with Crippen molar-refractivity contribution in [3.05, 3.63) is 59.9 Å². The Labute approximate surface area is 173 Å². The molecule has 2 heterocycles. The lowest BCUT2D eigenvalue weighted by molar-refractivity contribution is 0.0583. The van der Waals surface area contributed by atoms with E-state index in [0.29, 0.717) is 17.3 Å². The summed E-state index contributed by atoms with van der Waals surface area (Å²) < 4.78 is 0. The summed E-state index contributed by atoms with van der Waals surface area (Å²) in [6.45, 7) is 5.34. The first-order valence-corrected chi connectivity index (χ1v) is 7.94. The number of carbonyl (C=O) groups is 1. The van der Waals surface area contributed by atoms with Crippen LogP contribution in [0, 0.1) is 0 Å². The molecule has 1 aliphatic rings. The molecule has 0 spiro atoms. The molecule has 1 fully saturated rings. The van der Waals surface area contributed by atoms with Gasteiger partial charge in [-0.05, 0) is 30.7 Å². The Morgan fingerprint density at radius 2 is 1.69 bits per heavy atom. The molecular weight excluding hydrogens is 395 g/mol. The number of nitrogen functional groups attached to an aromatic ring is 1. The number of para-hydroxylation sites is 1. The molecule has 1 amide bonds. The largest absolute Gasteiger partial charge is 0.398 e. The molecule has 0 radical (unpaired) electrons. The molecule has 5 nitrogen and oxygen atoms in total. The van der Waals surface area contributed by atoms with Gasteiger partial charge in [-0.1, -0.05) is 18.2 Å². The number of benzene rings is 1. The minimum absolute atomic E-state index is 0. The third-order valence-electron chi connectivity index (χ3n) is 4.51. The Bertz CT molecular complexity index is 679. The van der Waals surface area contributed by atoms with Crippen molar-refractivity contribution in [2.24, 2.45) is 0 Å². The number of pyridine rings is 1. The van der Waals surface area contributed by atoms with Gasteiger partial charge in [0.25, 0.3) is 5.91 Å². The predicted molar refractivity (Wildman–Crippen MR) is 113 cm³/mol. The summed E-state index contributed by atoms with van der Waals surface area (Å²) in [4.78, 5) is 21.0. The third kappa shape index (κ3) is 5.48. The third-order valence-corrected chi connectivity index (χ3v) is 4.51. The first-order chi connectivity index (χ1) is 11.2. The highest BCUT2D eigenvalue weighted by Crippen LogP contribution is 2.22. The van der Waals surface area contributed by atoms with Crippen LogP contribution in [-0.4, -0.2) is 46.9 Å². The van der Waals surface area contributed by atoms with Crippen LogP contribution < -0.4 is 5.73 Å². The number of hydrogen-bond acceptors (Lipinski definition) is 4. The molecule has 1 saturated heterocycles. The van der Waals surface area contributed by atoms with Crippen LogP contribution >= 0.6 is 37.2 Å². The maximum Gasteiger partial charge on any atom is 0.256 e. The Balaban J connectivity index is 0.00000208. The highest BCUT2D eigenvalue weighted by molar-refractivity contribution is 5.99. The highest BCUT2D eigenvalue weighted by Gasteiger charge is 2.26. The number of nitrogens with zero attached hydrogens (tertiary/aromatic N) is 3. The topological polar surface area (TPSA) is 62.5 Å². The molecule has 1 aliphatic heterocycles. The van der Waals surface area contributed by atoms with Gasteiger partial charge in [-0.2, -0.15) is 0 Å². The normalized spacial score (nSPS) is 15.0. The summed E-state index contributed by atoms with van der Waals surface area (Å²) in [6, 6.07) is 11.6. The second-order valence-corrected chi connectivity index (χ2v) is 5.88. The zero-order valence-electron chi connectivity index (χ0n) is 14.6. The van der Waals surface area contributed by atoms with Gasteiger partial charge in [-0.25, -0.2) is 0 Å². The van der Waals surface area contributed by atoms with Crippen molar-refractivity contribution < 1.29 is 4.79 Å². The fourth-order valence-electron chi connectivity index (χ4n) is 3.01. The first-order valence-electron chi connectivity index (χ1n) is 7.94. The number of anilines is 1. The second-order valence-electron chi connectivity index (χ2n) is 5.88. The molecule has 0 bridgehead atoms. The van der Waals surface area contributed by atoms with E-state index in [1.807, 2.05) is 29.3 Å². The van der Waals surface area contributed by atoms with E-state index in [0.717, 1.165) is 26.2 Å². The molecule has 0 aliphatic carbocycles. The molecule has 1 aromatic heterocycles. The number of aromatic nitrogens is 1. The fraction of sp³-hybridized carbons (Fsp3) is 0.333. The quantitative estimate of drug-likeness (QED) is 0.774. The Morgan fingerprint density at radius 3 is 2.27 bits per heavy atom. The Kier molecular flexibility index (Phi) is 10.6. The fourth-order valence-corrected chi connectivity index (χ4v) is 3.01. The average Bonchev–Trinajstić information content (AvgIpc) is 2.62. The van der Waals surface area contributed by atoms with Crippen LogP contribution in [0.3, 0.4) is 0 Å². The molecule has 144 valence electrons. The highest BCUT2D eigenvalue weighted by atomic mass is 35.5. The van der Waals surface area contributed by atoms with Crippen molar-refractivity contribution in [1.29, 1.82) is 0 Å². The molecular formula is C18H25Cl3N4O. The van der Waals surface area contributed by atoms with E-state index in [2.05, 4.69) is 22.9 Å². The summed E-state index contributed by atoms with van der Waals surface area (Å²) >= 11 is 0. The zero-order chi connectivity index (χ0) is 16.2. The molecule has 8 heteroatoms. The maximum atomic E-state index is 12.6. The summed E-state index contributed by atoms with van der Waals surface area (Å²) in [7, 11) is 0. The zero-order valence-corrected chi connectivity index (χ0v) is 17.0. The second kappa shape index (κ2) is 11.2. The van der Waals surface area contributed by atoms with Crippen molar-refractivity contribution in [3.8, 4) is 0 Å². The first kappa shape index (κ1) is 24.5. The van der Waals surface area contributed by atoms with Gasteiger partial charge in [-0.3, -0.25) is 14.7 Å². The number of rotatable bonds is 3. The van der Waals surface area contributed by atoms with Crippen molar-refractivity contribution >= 4 is 48.8 Å². The van der Waals surface area contributed by atoms with E-state index in [1.54, 1.807) is 18.3 Å². The number of nitrogens with two attached hydrogens (primary N) is 1. The van der Waals surface area contributed by atoms with Crippen LogP contribution in [0.5, 0.6) is 0 Å². The van der Waals surface area contributed by atoms with E-state index < -0.39 is 0 Å². The summed E-state index contributed by atoms with van der Waals surface area (Å²) in [6.07, 6.45) is 3.70. The molecule has 0 saturated carbocycles. The molecule has 1 atom stereocenters. The van der Waals surface area contributed by atoms with E-state index in [1.165, 1.54) is 5.56 Å². The number of piperazine rings is 1. The van der Waals surface area contributed by atoms with Crippen LogP contribution in [0.2, 0.25) is 0 Å². The van der Waals surface area contributed by atoms with Crippen LogP contribution in [-0.2, 0) is 0 Å². The van der Waals surface area contributed by atoms with E-state index in [-0.39, 0.29) is 43.1 Å². The van der Waals surface area contributed by atoms with Gasteiger partial charge in [0, 0.05) is 50.3 Å². The van der Waals surface area contributed by atoms with Crippen molar-refractivity contribution in [3.63, 3.8) is 0 Å². The van der Waals surface area contributed by atoms with Crippen molar-refractivity contribution in [2.75, 3.05) is 31.9 Å². The van der Waals surface area contributed by atoms with Crippen LogP contribution in [0.15, 0.2) is 48.8 Å². The van der Waals surface area contributed by atoms with E-state index >= 15 is 0 Å². The standard InChI is InChI=1S/C18H22N4O.3ClH/c1-14(15-5-4-8-20-13-15)21-9-11-22(12-10-21)18(23)16-6-2-3-7-17(16)19;;;/h2-8,13-14H,9-12,19H2,1H3;3*1H. The monoisotopic (exact) mass is 418 g/mol. The number of halogens is 3. The number of amides is 1. The van der Waals surface area contributed by atoms with Gasteiger partial charge in [0.15, 0.2) is 0 Å². The molecule has 1 aromatic carbocycles. The van der Waals surface area contributed by atoms with Crippen molar-refractivity contribution in [2.45, 2.75) is 13.0 Å². The van der Waals surface area contributed by atoms with E-state index in [9.17, 15) is 4.79 Å². The molecule has 3 rings (SSSR count). The summed E-state index contributed by atoms with van der Waals surface area (Å²) in [5.41, 5.74) is 8.27. The number of hydrogen-bond donors (Lipinski definition) is 1. The lowest BCUT2D eigenvalue weighted by Crippen LogP contribution is -2.49. The maximum absolute atomic E-state index is 12.6. The minimum atomic E-state index is 0. The van der Waals surface area contributed by atoms with Gasteiger partial charge in [-0.15, -0.1) is 37.2 Å². The van der Waals surface area contributed by atoms with Gasteiger partial charge < -0.3 is 10.6 Å². The molecule has 1 unspecified atom stereocenters. The van der Waals surface area contributed by atoms with Crippen molar-refractivity contribution in [1.82, 2.24) is 14.8 Å². The Morgan fingerprint density at radius 1 is 1.04 bits per heavy atom. The molecule has 2 aromatic rings. The minimum Gasteiger partial charge on any atom is -0.398 e. The molecule has 26 heavy (non-hydrogen) atoms. The number of carbonyl (C=O) groups excluding carboxylic acids is 1. The smallest absolute Gasteiger partial charge is 0.256 e. The summed E-state index contributed by atoms with van der Waals surface area (Å²) in [5.74, 6) is 0.0248. The van der Waals surface area contributed by atoms with Gasteiger partial charge in [0.05, 0.1) is 5.56 Å². The SMILES string of the molecule is CC(c1cccnc1)N1CCN(C(=O)c2ccccc2N)CC1.Cl.Cl.Cl. The van der Waals surface area contributed by atoms with Gasteiger partial charge >= 0.3 is 0 Å². The lowest BCUT2D eigenvalue weighted by Gasteiger charge is -2.38. The van der Waals surface area contributed by atoms with Gasteiger partial charge in [0.1, 0.15) is 0 Å².